The standard InChI is InChI=1S/C15H24N2O3S/c1-4-5-6-8-13(2)21(19,20)17-10-7-9-14(16-3)11-15(18)12-17/h4-6,8,14,16H,2,7,9-12H2,1,3H3/b5-4-,8-6-/t14-/m0/s1. The third-order valence-corrected chi connectivity index (χ3v) is 5.24. The number of carbonyl (C=O) groups excluding carboxylic acids is 1. The van der Waals surface area contributed by atoms with Crippen LogP contribution < -0.4 is 5.32 Å². The van der Waals surface area contributed by atoms with E-state index in [-0.39, 0.29) is 23.3 Å². The molecule has 6 heteroatoms. The monoisotopic (exact) mass is 312 g/mol. The highest BCUT2D eigenvalue weighted by Crippen LogP contribution is 2.17. The zero-order valence-corrected chi connectivity index (χ0v) is 13.5. The number of nitrogens with one attached hydrogen (secondary N) is 1. The van der Waals surface area contributed by atoms with Gasteiger partial charge in [-0.1, -0.05) is 24.8 Å². The first-order valence-corrected chi connectivity index (χ1v) is 8.53. The molecule has 0 spiro atoms. The molecule has 1 fully saturated rings. The number of rotatable bonds is 5. The minimum atomic E-state index is -3.66. The fourth-order valence-electron chi connectivity index (χ4n) is 2.21. The maximum Gasteiger partial charge on any atom is 0.242 e. The Morgan fingerprint density at radius 2 is 2.14 bits per heavy atom. The Morgan fingerprint density at radius 1 is 1.43 bits per heavy atom. The van der Waals surface area contributed by atoms with Crippen LogP contribution in [0.2, 0.25) is 0 Å². The zero-order chi connectivity index (χ0) is 15.9. The van der Waals surface area contributed by atoms with Crippen LogP contribution in [-0.2, 0) is 14.8 Å². The highest BCUT2D eigenvalue weighted by atomic mass is 32.2. The minimum Gasteiger partial charge on any atom is -0.317 e. The maximum atomic E-state index is 12.4. The van der Waals surface area contributed by atoms with Gasteiger partial charge in [-0.2, -0.15) is 4.31 Å². The summed E-state index contributed by atoms with van der Waals surface area (Å²) in [5.74, 6) is -0.0668. The molecule has 1 atom stereocenters. The first kappa shape index (κ1) is 17.8. The molecular formula is C15H24N2O3S. The SMILES string of the molecule is C=C(/C=C\C=C/C)S(=O)(=O)N1CCC[C@H](NC)CC(=O)C1. The van der Waals surface area contributed by atoms with Gasteiger partial charge >= 0.3 is 0 Å². The first-order chi connectivity index (χ1) is 9.91. The van der Waals surface area contributed by atoms with Crippen molar-refractivity contribution < 1.29 is 13.2 Å². The van der Waals surface area contributed by atoms with Crippen molar-refractivity contribution in [3.8, 4) is 0 Å². The molecule has 21 heavy (non-hydrogen) atoms. The predicted octanol–water partition coefficient (Wildman–Crippen LogP) is 1.61. The molecule has 0 aromatic carbocycles. The minimum absolute atomic E-state index is 0.0131. The topological polar surface area (TPSA) is 66.5 Å². The summed E-state index contributed by atoms with van der Waals surface area (Å²) >= 11 is 0. The van der Waals surface area contributed by atoms with Gasteiger partial charge in [0.2, 0.25) is 10.0 Å². The van der Waals surface area contributed by atoms with Crippen molar-refractivity contribution in [2.24, 2.45) is 0 Å². The summed E-state index contributed by atoms with van der Waals surface area (Å²) in [6.07, 6.45) is 8.49. The van der Waals surface area contributed by atoms with E-state index in [1.54, 1.807) is 18.2 Å². The van der Waals surface area contributed by atoms with E-state index in [1.165, 1.54) is 10.4 Å². The second kappa shape index (κ2) is 8.26. The van der Waals surface area contributed by atoms with Crippen molar-refractivity contribution in [2.45, 2.75) is 32.2 Å². The summed E-state index contributed by atoms with van der Waals surface area (Å²) < 4.78 is 26.1. The maximum absolute atomic E-state index is 12.4. The van der Waals surface area contributed by atoms with Crippen LogP contribution in [0.3, 0.4) is 0 Å². The molecule has 0 unspecified atom stereocenters. The number of Topliss-reactive ketones (excluding diaryl/α,β-unsaturated/α-hetero) is 1. The normalized spacial score (nSPS) is 22.6. The third-order valence-electron chi connectivity index (χ3n) is 3.45. The van der Waals surface area contributed by atoms with Gasteiger partial charge in [0.1, 0.15) is 5.78 Å². The van der Waals surface area contributed by atoms with Crippen molar-refractivity contribution in [1.82, 2.24) is 9.62 Å². The van der Waals surface area contributed by atoms with Crippen LogP contribution in [0.4, 0.5) is 0 Å². The van der Waals surface area contributed by atoms with Gasteiger partial charge in [-0.05, 0) is 32.9 Å². The van der Waals surface area contributed by atoms with E-state index in [0.29, 0.717) is 13.0 Å². The molecule has 1 aliphatic heterocycles. The molecule has 0 bridgehead atoms. The Bertz CT molecular complexity index is 535. The van der Waals surface area contributed by atoms with E-state index >= 15 is 0 Å². The smallest absolute Gasteiger partial charge is 0.242 e. The van der Waals surface area contributed by atoms with Gasteiger partial charge in [-0.3, -0.25) is 4.79 Å². The van der Waals surface area contributed by atoms with E-state index in [9.17, 15) is 13.2 Å². The van der Waals surface area contributed by atoms with E-state index < -0.39 is 10.0 Å². The number of ketones is 1. The molecule has 5 nitrogen and oxygen atoms in total. The van der Waals surface area contributed by atoms with Gasteiger partial charge in [0, 0.05) is 19.0 Å². The fourth-order valence-corrected chi connectivity index (χ4v) is 3.47. The predicted molar refractivity (Wildman–Crippen MR) is 85.3 cm³/mol. The van der Waals surface area contributed by atoms with Crippen molar-refractivity contribution in [1.29, 1.82) is 0 Å². The lowest BCUT2D eigenvalue weighted by atomic mass is 10.0. The quantitative estimate of drug-likeness (QED) is 0.783. The van der Waals surface area contributed by atoms with E-state index in [1.807, 2.05) is 14.0 Å². The van der Waals surface area contributed by atoms with E-state index in [2.05, 4.69) is 11.9 Å². The molecule has 118 valence electrons. The summed E-state index contributed by atoms with van der Waals surface area (Å²) in [6, 6.07) is 0.139. The Kier molecular flexibility index (Phi) is 7.01. The molecule has 1 aliphatic rings. The third kappa shape index (κ3) is 5.22. The van der Waals surface area contributed by atoms with Crippen LogP contribution in [-0.4, -0.2) is 44.7 Å². The second-order valence-electron chi connectivity index (χ2n) is 5.06. The Morgan fingerprint density at radius 3 is 2.76 bits per heavy atom. The van der Waals surface area contributed by atoms with Crippen LogP contribution in [0, 0.1) is 0 Å². The average Bonchev–Trinajstić information content (AvgIpc) is 2.42. The molecular weight excluding hydrogens is 288 g/mol. The van der Waals surface area contributed by atoms with Gasteiger partial charge in [-0.15, -0.1) is 0 Å². The number of nitrogens with zero attached hydrogens (tertiary/aromatic N) is 1. The van der Waals surface area contributed by atoms with Crippen LogP contribution in [0.5, 0.6) is 0 Å². The molecule has 0 radical (unpaired) electrons. The number of hydrogen-bond donors (Lipinski definition) is 1. The molecule has 0 amide bonds. The molecule has 0 aromatic rings. The number of allylic oxidation sites excluding steroid dienone is 4. The molecule has 0 aromatic heterocycles. The van der Waals surface area contributed by atoms with E-state index in [4.69, 9.17) is 0 Å². The lowest BCUT2D eigenvalue weighted by molar-refractivity contribution is -0.120. The number of sulfonamides is 1. The van der Waals surface area contributed by atoms with Crippen LogP contribution in [0.15, 0.2) is 35.8 Å². The molecule has 0 saturated carbocycles. The van der Waals surface area contributed by atoms with Gasteiger partial charge < -0.3 is 5.32 Å². The van der Waals surface area contributed by atoms with Gasteiger partial charge in [0.05, 0.1) is 11.4 Å². The van der Waals surface area contributed by atoms with E-state index in [0.717, 1.165) is 12.8 Å². The fraction of sp³-hybridized carbons (Fsp3) is 0.533. The van der Waals surface area contributed by atoms with Gasteiger partial charge in [-0.25, -0.2) is 8.42 Å². The summed E-state index contributed by atoms with van der Waals surface area (Å²) in [5.41, 5.74) is 0. The van der Waals surface area contributed by atoms with Crippen molar-refractivity contribution in [3.05, 3.63) is 35.8 Å². The molecule has 1 rings (SSSR count). The summed E-state index contributed by atoms with van der Waals surface area (Å²) in [7, 11) is -1.84. The van der Waals surface area contributed by atoms with Gasteiger partial charge in [0.25, 0.3) is 0 Å². The Labute approximate surface area is 127 Å². The average molecular weight is 312 g/mol. The molecule has 1 saturated heterocycles. The second-order valence-corrected chi connectivity index (χ2v) is 7.05. The summed E-state index contributed by atoms with van der Waals surface area (Å²) in [6.45, 7) is 5.73. The zero-order valence-electron chi connectivity index (χ0n) is 12.7. The van der Waals surface area contributed by atoms with Crippen LogP contribution >= 0.6 is 0 Å². The molecule has 1 heterocycles. The molecule has 1 N–H and O–H groups in total. The Hall–Kier alpha value is -1.24. The van der Waals surface area contributed by atoms with Crippen LogP contribution in [0.1, 0.15) is 26.2 Å². The van der Waals surface area contributed by atoms with Gasteiger partial charge in [0.15, 0.2) is 0 Å². The summed E-state index contributed by atoms with van der Waals surface area (Å²) in [5, 5.41) is 3.09. The summed E-state index contributed by atoms with van der Waals surface area (Å²) in [4.78, 5) is 12.0. The van der Waals surface area contributed by atoms with Crippen molar-refractivity contribution in [3.63, 3.8) is 0 Å². The van der Waals surface area contributed by atoms with Crippen molar-refractivity contribution >= 4 is 15.8 Å². The number of carbonyl (C=O) groups is 1. The highest BCUT2D eigenvalue weighted by molar-refractivity contribution is 7.93. The lowest BCUT2D eigenvalue weighted by Crippen LogP contribution is -2.41. The number of hydrogen-bond acceptors (Lipinski definition) is 4. The van der Waals surface area contributed by atoms with Crippen LogP contribution in [0.25, 0.3) is 0 Å². The first-order valence-electron chi connectivity index (χ1n) is 7.09. The van der Waals surface area contributed by atoms with Crippen molar-refractivity contribution in [2.75, 3.05) is 20.1 Å². The highest BCUT2D eigenvalue weighted by Gasteiger charge is 2.28. The lowest BCUT2D eigenvalue weighted by Gasteiger charge is -2.26. The Balaban J connectivity index is 2.83. The molecule has 0 aliphatic carbocycles. The largest absolute Gasteiger partial charge is 0.317 e.